The Bertz CT molecular complexity index is 504. The van der Waals surface area contributed by atoms with E-state index in [1.54, 1.807) is 0 Å². The van der Waals surface area contributed by atoms with E-state index in [9.17, 15) is 5.11 Å². The lowest BCUT2D eigenvalue weighted by Gasteiger charge is -2.41. The van der Waals surface area contributed by atoms with Crippen molar-refractivity contribution in [2.75, 3.05) is 6.61 Å². The molecule has 0 heterocycles. The Balaban J connectivity index is 1.90. The van der Waals surface area contributed by atoms with Crippen LogP contribution in [0.5, 0.6) is 0 Å². The zero-order valence-electron chi connectivity index (χ0n) is 10.5. The van der Waals surface area contributed by atoms with Crippen LogP contribution in [0.15, 0.2) is 54.6 Å². The highest BCUT2D eigenvalue weighted by atomic mass is 16.3. The van der Waals surface area contributed by atoms with Crippen LogP contribution in [0, 0.1) is 0 Å². The molecule has 1 heteroatoms. The Morgan fingerprint density at radius 3 is 1.94 bits per heavy atom. The monoisotopic (exact) mass is 238 g/mol. The molecule has 0 radical (unpaired) electrons. The van der Waals surface area contributed by atoms with E-state index < -0.39 is 0 Å². The first-order chi connectivity index (χ1) is 8.84. The summed E-state index contributed by atoms with van der Waals surface area (Å²) in [6, 6.07) is 19.1. The van der Waals surface area contributed by atoms with Gasteiger partial charge < -0.3 is 5.11 Å². The van der Waals surface area contributed by atoms with Crippen molar-refractivity contribution >= 4 is 0 Å². The quantitative estimate of drug-likeness (QED) is 0.863. The zero-order valence-corrected chi connectivity index (χ0v) is 10.5. The van der Waals surface area contributed by atoms with E-state index in [4.69, 9.17) is 0 Å². The van der Waals surface area contributed by atoms with E-state index in [0.717, 1.165) is 12.8 Å². The molecule has 0 amide bonds. The summed E-state index contributed by atoms with van der Waals surface area (Å²) < 4.78 is 0. The van der Waals surface area contributed by atoms with E-state index in [-0.39, 0.29) is 12.0 Å². The minimum absolute atomic E-state index is 0.0508. The van der Waals surface area contributed by atoms with Crippen LogP contribution >= 0.6 is 0 Å². The SMILES string of the molecule is OCC1(c2ccc(-c3ccccc3)cc2)CCC1. The van der Waals surface area contributed by atoms with Gasteiger partial charge in [-0.1, -0.05) is 61.0 Å². The Kier molecular flexibility index (Phi) is 2.92. The van der Waals surface area contributed by atoms with Gasteiger partial charge in [0.25, 0.3) is 0 Å². The molecule has 1 N–H and O–H groups in total. The van der Waals surface area contributed by atoms with Gasteiger partial charge in [-0.2, -0.15) is 0 Å². The van der Waals surface area contributed by atoms with E-state index >= 15 is 0 Å². The van der Waals surface area contributed by atoms with Crippen LogP contribution in [0.4, 0.5) is 0 Å². The van der Waals surface area contributed by atoms with Crippen molar-refractivity contribution in [1.29, 1.82) is 0 Å². The maximum absolute atomic E-state index is 9.58. The Hall–Kier alpha value is -1.60. The summed E-state index contributed by atoms with van der Waals surface area (Å²) >= 11 is 0. The molecule has 2 aromatic rings. The number of aliphatic hydroxyl groups excluding tert-OH is 1. The van der Waals surface area contributed by atoms with E-state index in [0.29, 0.717) is 0 Å². The second-order valence-electron chi connectivity index (χ2n) is 5.24. The summed E-state index contributed by atoms with van der Waals surface area (Å²) in [7, 11) is 0. The van der Waals surface area contributed by atoms with Crippen LogP contribution in [0.25, 0.3) is 11.1 Å². The van der Waals surface area contributed by atoms with Crippen molar-refractivity contribution < 1.29 is 5.11 Å². The molecule has 1 nitrogen and oxygen atoms in total. The second kappa shape index (κ2) is 4.58. The average molecular weight is 238 g/mol. The van der Waals surface area contributed by atoms with Crippen LogP contribution in [-0.4, -0.2) is 11.7 Å². The first-order valence-corrected chi connectivity index (χ1v) is 6.61. The topological polar surface area (TPSA) is 20.2 Å². The smallest absolute Gasteiger partial charge is 0.0527 e. The maximum atomic E-state index is 9.58. The van der Waals surface area contributed by atoms with Crippen molar-refractivity contribution in [3.05, 3.63) is 60.2 Å². The summed E-state index contributed by atoms with van der Waals surface area (Å²) in [5.74, 6) is 0. The number of aliphatic hydroxyl groups is 1. The molecule has 18 heavy (non-hydrogen) atoms. The molecular weight excluding hydrogens is 220 g/mol. The Morgan fingerprint density at radius 2 is 1.44 bits per heavy atom. The Morgan fingerprint density at radius 1 is 0.833 bits per heavy atom. The lowest BCUT2D eigenvalue weighted by Crippen LogP contribution is -2.37. The van der Waals surface area contributed by atoms with Gasteiger partial charge in [-0.15, -0.1) is 0 Å². The third-order valence-electron chi connectivity index (χ3n) is 4.22. The normalized spacial score (nSPS) is 17.2. The maximum Gasteiger partial charge on any atom is 0.0527 e. The van der Waals surface area contributed by atoms with E-state index in [1.165, 1.54) is 23.1 Å². The summed E-state index contributed by atoms with van der Waals surface area (Å²) in [4.78, 5) is 0. The molecule has 1 aliphatic carbocycles. The predicted molar refractivity (Wildman–Crippen MR) is 74.5 cm³/mol. The van der Waals surface area contributed by atoms with Gasteiger partial charge in [-0.05, 0) is 29.5 Å². The summed E-state index contributed by atoms with van der Waals surface area (Å²) in [5, 5.41) is 9.58. The van der Waals surface area contributed by atoms with Crippen molar-refractivity contribution in [1.82, 2.24) is 0 Å². The lowest BCUT2D eigenvalue weighted by molar-refractivity contribution is 0.120. The molecular formula is C17H18O. The molecule has 1 aliphatic rings. The molecule has 1 fully saturated rings. The van der Waals surface area contributed by atoms with Gasteiger partial charge in [0.1, 0.15) is 0 Å². The van der Waals surface area contributed by atoms with E-state index in [1.807, 2.05) is 6.07 Å². The summed E-state index contributed by atoms with van der Waals surface area (Å²) in [5.41, 5.74) is 3.83. The molecule has 2 aromatic carbocycles. The fourth-order valence-electron chi connectivity index (χ4n) is 2.79. The molecule has 0 aromatic heterocycles. The molecule has 0 unspecified atom stereocenters. The van der Waals surface area contributed by atoms with Gasteiger partial charge in [0, 0.05) is 5.41 Å². The third kappa shape index (κ3) is 1.85. The van der Waals surface area contributed by atoms with E-state index in [2.05, 4.69) is 48.5 Å². The van der Waals surface area contributed by atoms with Crippen LogP contribution in [0.3, 0.4) is 0 Å². The van der Waals surface area contributed by atoms with Crippen molar-refractivity contribution in [3.63, 3.8) is 0 Å². The van der Waals surface area contributed by atoms with Crippen molar-refractivity contribution in [2.45, 2.75) is 24.7 Å². The van der Waals surface area contributed by atoms with Crippen molar-refractivity contribution in [2.24, 2.45) is 0 Å². The lowest BCUT2D eigenvalue weighted by atomic mass is 9.65. The third-order valence-corrected chi connectivity index (χ3v) is 4.22. The van der Waals surface area contributed by atoms with Crippen LogP contribution in [0.1, 0.15) is 24.8 Å². The molecule has 0 atom stereocenters. The first kappa shape index (κ1) is 11.5. The molecule has 1 saturated carbocycles. The van der Waals surface area contributed by atoms with Gasteiger partial charge in [0.2, 0.25) is 0 Å². The largest absolute Gasteiger partial charge is 0.395 e. The number of rotatable bonds is 3. The predicted octanol–water partition coefficient (Wildman–Crippen LogP) is 3.77. The van der Waals surface area contributed by atoms with Crippen LogP contribution in [-0.2, 0) is 5.41 Å². The number of benzene rings is 2. The van der Waals surface area contributed by atoms with Gasteiger partial charge in [0.05, 0.1) is 6.61 Å². The minimum atomic E-state index is 0.0508. The molecule has 0 aliphatic heterocycles. The molecule has 0 saturated heterocycles. The minimum Gasteiger partial charge on any atom is -0.395 e. The Labute approximate surface area is 108 Å². The summed E-state index contributed by atoms with van der Waals surface area (Å²) in [6.45, 7) is 0.275. The zero-order chi connectivity index (χ0) is 12.4. The molecule has 0 bridgehead atoms. The van der Waals surface area contributed by atoms with Gasteiger partial charge in [-0.3, -0.25) is 0 Å². The van der Waals surface area contributed by atoms with Gasteiger partial charge >= 0.3 is 0 Å². The van der Waals surface area contributed by atoms with Crippen molar-refractivity contribution in [3.8, 4) is 11.1 Å². The average Bonchev–Trinajstić information content (AvgIpc) is 2.40. The van der Waals surface area contributed by atoms with Crippen LogP contribution < -0.4 is 0 Å². The summed E-state index contributed by atoms with van der Waals surface area (Å²) in [6.07, 6.45) is 3.48. The highest BCUT2D eigenvalue weighted by Gasteiger charge is 2.37. The highest BCUT2D eigenvalue weighted by Crippen LogP contribution is 2.43. The van der Waals surface area contributed by atoms with Gasteiger partial charge in [-0.25, -0.2) is 0 Å². The second-order valence-corrected chi connectivity index (χ2v) is 5.24. The number of hydrogen-bond donors (Lipinski definition) is 1. The molecule has 3 rings (SSSR count). The fraction of sp³-hybridized carbons (Fsp3) is 0.294. The fourth-order valence-corrected chi connectivity index (χ4v) is 2.79. The first-order valence-electron chi connectivity index (χ1n) is 6.61. The number of hydrogen-bond acceptors (Lipinski definition) is 1. The van der Waals surface area contributed by atoms with Gasteiger partial charge in [0.15, 0.2) is 0 Å². The standard InChI is InChI=1S/C17H18O/c18-13-17(11-4-12-17)16-9-7-15(8-10-16)14-5-2-1-3-6-14/h1-3,5-10,18H,4,11-13H2. The molecule has 0 spiro atoms. The highest BCUT2D eigenvalue weighted by molar-refractivity contribution is 5.63. The molecule has 92 valence electrons. The van der Waals surface area contributed by atoms with Crippen LogP contribution in [0.2, 0.25) is 0 Å².